The Morgan fingerprint density at radius 1 is 1.13 bits per heavy atom. The van der Waals surface area contributed by atoms with Crippen molar-refractivity contribution in [2.45, 2.75) is 47.8 Å². The number of benzene rings is 2. The number of nitrogens with zero attached hydrogens (tertiary/aromatic N) is 1. The minimum absolute atomic E-state index is 0. The topological polar surface area (TPSA) is 130 Å². The molecule has 3 heterocycles. The van der Waals surface area contributed by atoms with Crippen molar-refractivity contribution < 1.29 is 45.6 Å². The number of fused-ring (bicyclic) bond motifs is 2. The van der Waals surface area contributed by atoms with E-state index in [4.69, 9.17) is 4.74 Å². The maximum Gasteiger partial charge on any atom is 0.338 e. The standard InChI is InChI=1S/C24H22F2NO8S2.Rf/c1-11(2)27-17-18(35-22(29)14-8-7-12-5-3-4-6-13(12)9-14)20-16(15(21(27)28)19(17)36-20)23(30)34-10-24(25,26)37(31,32)33;/h3-11,15-20H,1-2H3,(H,31,32,33);/q-1;/p-1. The van der Waals surface area contributed by atoms with Crippen LogP contribution in [-0.2, 0) is 29.2 Å². The van der Waals surface area contributed by atoms with Crippen molar-refractivity contribution in [2.24, 2.45) is 11.8 Å². The third-order valence-electron chi connectivity index (χ3n) is 6.97. The Kier molecular flexibility index (Phi) is 6.61. The van der Waals surface area contributed by atoms with Gasteiger partial charge in [0.1, 0.15) is 16.2 Å². The summed E-state index contributed by atoms with van der Waals surface area (Å²) in [4.78, 5) is 40.8. The number of esters is 2. The number of carbonyl (C=O) groups is 3. The summed E-state index contributed by atoms with van der Waals surface area (Å²) in [6.45, 7) is 2.91. The maximum atomic E-state index is 13.6. The third-order valence-corrected chi connectivity index (χ3v) is 9.49. The summed E-state index contributed by atoms with van der Waals surface area (Å²) in [7, 11) is -6.11. The molecule has 3 saturated heterocycles. The summed E-state index contributed by atoms with van der Waals surface area (Å²) in [5.74, 6) is -4.58. The Hall–Kier alpha value is -3.77. The summed E-state index contributed by atoms with van der Waals surface area (Å²) >= 11 is 1.24. The quantitative estimate of drug-likeness (QED) is 0.235. The van der Waals surface area contributed by atoms with E-state index >= 15 is 0 Å². The molecule has 3 aliphatic heterocycles. The predicted molar refractivity (Wildman–Crippen MR) is 126 cm³/mol. The van der Waals surface area contributed by atoms with Crippen molar-refractivity contribution in [1.82, 2.24) is 4.90 Å². The predicted octanol–water partition coefficient (Wildman–Crippen LogP) is 2.56. The fraction of sp³-hybridized carbons (Fsp3) is 0.417. The van der Waals surface area contributed by atoms with Crippen LogP contribution < -0.4 is 0 Å². The first-order chi connectivity index (χ1) is 17.3. The van der Waals surface area contributed by atoms with Gasteiger partial charge in [0.2, 0.25) is 5.91 Å². The van der Waals surface area contributed by atoms with E-state index in [1.807, 2.05) is 24.3 Å². The van der Waals surface area contributed by atoms with Crippen LogP contribution >= 0.6 is 11.8 Å². The Bertz CT molecular complexity index is 1400. The fourth-order valence-corrected chi connectivity index (χ4v) is 7.69. The van der Waals surface area contributed by atoms with Gasteiger partial charge in [0.15, 0.2) is 0 Å². The van der Waals surface area contributed by atoms with Crippen LogP contribution in [0.25, 0.3) is 10.8 Å². The van der Waals surface area contributed by atoms with Crippen LogP contribution in [0.15, 0.2) is 42.5 Å². The van der Waals surface area contributed by atoms with Gasteiger partial charge in [-0.2, -0.15) is 0 Å². The van der Waals surface area contributed by atoms with E-state index in [0.29, 0.717) is 0 Å². The van der Waals surface area contributed by atoms with Crippen molar-refractivity contribution in [3.05, 3.63) is 54.6 Å². The fourth-order valence-electron chi connectivity index (χ4n) is 5.43. The van der Waals surface area contributed by atoms with E-state index in [-0.39, 0.29) is 11.6 Å². The largest absolute Gasteiger partial charge is 0.746 e. The van der Waals surface area contributed by atoms with Crippen LogP contribution in [0.4, 0.5) is 8.78 Å². The van der Waals surface area contributed by atoms with Gasteiger partial charge in [-0.15, -0.1) is 11.8 Å². The molecule has 14 heteroatoms. The number of hydrogen-bond acceptors (Lipinski definition) is 9. The second kappa shape index (κ2) is 9.21. The van der Waals surface area contributed by atoms with Gasteiger partial charge in [-0.1, -0.05) is 36.9 Å². The van der Waals surface area contributed by atoms with Crippen molar-refractivity contribution in [3.63, 3.8) is 0 Å². The second-order valence-electron chi connectivity index (χ2n) is 9.45. The summed E-state index contributed by atoms with van der Waals surface area (Å²) in [5, 5.41) is -4.47. The van der Waals surface area contributed by atoms with Crippen LogP contribution in [-0.4, -0.2) is 69.7 Å². The molecule has 6 atom stereocenters. The number of alkyl halides is 2. The first kappa shape index (κ1) is 27.3. The van der Waals surface area contributed by atoms with E-state index in [1.165, 1.54) is 16.7 Å². The van der Waals surface area contributed by atoms with Gasteiger partial charge in [0, 0.05) is 11.3 Å². The Morgan fingerprint density at radius 2 is 1.79 bits per heavy atom. The molecule has 0 saturated carbocycles. The molecule has 2 bridgehead atoms. The molecule has 3 aliphatic rings. The maximum absolute atomic E-state index is 13.6. The molecule has 200 valence electrons. The molecular weight excluding hydrogens is 799 g/mol. The SMILES string of the molecule is CC(C)N1C(=O)C2C3SC(C(OC(=O)c4ccc5ccccc5c4)C31)C2C(=O)O[CH-]C(F)(F)S(=O)(=O)[O-].[Rf]. The van der Waals surface area contributed by atoms with Gasteiger partial charge in [0.05, 0.1) is 28.7 Å². The van der Waals surface area contributed by atoms with Crippen LogP contribution in [0.3, 0.4) is 0 Å². The number of carbonyl (C=O) groups excluding carboxylic acids is 3. The molecule has 1 amide bonds. The molecule has 0 aromatic heterocycles. The minimum Gasteiger partial charge on any atom is -0.746 e. The van der Waals surface area contributed by atoms with Crippen molar-refractivity contribution in [1.29, 1.82) is 0 Å². The summed E-state index contributed by atoms with van der Waals surface area (Å²) in [6.07, 6.45) is -0.944. The summed E-state index contributed by atoms with van der Waals surface area (Å²) in [5.41, 5.74) is 0.260. The zero-order chi connectivity index (χ0) is 26.9. The van der Waals surface area contributed by atoms with E-state index in [0.717, 1.165) is 10.8 Å². The van der Waals surface area contributed by atoms with Gasteiger partial charge in [-0.25, -0.2) is 22.0 Å². The Morgan fingerprint density at radius 3 is 2.42 bits per heavy atom. The second-order valence-corrected chi connectivity index (χ2v) is 12.3. The molecule has 2 aromatic carbocycles. The minimum atomic E-state index is -6.11. The zero-order valence-electron chi connectivity index (χ0n) is 20.2. The van der Waals surface area contributed by atoms with Gasteiger partial charge >= 0.3 is 5.97 Å². The number of halogens is 2. The average Bonchev–Trinajstić information content (AvgIpc) is 3.44. The van der Waals surface area contributed by atoms with Gasteiger partial charge in [0.25, 0.3) is 11.2 Å². The van der Waals surface area contributed by atoms with E-state index in [1.54, 1.807) is 32.0 Å². The number of hydrogen-bond donors (Lipinski definition) is 0. The molecule has 3 fully saturated rings. The normalized spacial score (nSPS) is 28.1. The monoisotopic (exact) mass is 820 g/mol. The number of amides is 1. The third kappa shape index (κ3) is 4.13. The molecule has 0 radical (unpaired) electrons. The van der Waals surface area contributed by atoms with E-state index in [9.17, 15) is 36.1 Å². The molecule has 5 rings (SSSR count). The average molecular weight is 821 g/mol. The zero-order valence-corrected chi connectivity index (χ0v) is 28.2. The molecule has 0 N–H and O–H groups in total. The smallest absolute Gasteiger partial charge is 0.338 e. The number of thioether (sulfide) groups is 1. The molecular formula is C24H21F2NO8RfS2-2. The molecule has 9 nitrogen and oxygen atoms in total. The molecule has 6 unspecified atom stereocenters. The van der Waals surface area contributed by atoms with Crippen LogP contribution in [0.2, 0.25) is 0 Å². The van der Waals surface area contributed by atoms with Crippen LogP contribution in [0.1, 0.15) is 24.2 Å². The molecule has 0 spiro atoms. The first-order valence-electron chi connectivity index (χ1n) is 11.4. The number of rotatable bonds is 7. The van der Waals surface area contributed by atoms with Crippen molar-refractivity contribution in [3.8, 4) is 0 Å². The molecule has 2 aromatic rings. The summed E-state index contributed by atoms with van der Waals surface area (Å²) < 4.78 is 69.7. The van der Waals surface area contributed by atoms with E-state index < -0.39 is 74.3 Å². The Labute approximate surface area is 215 Å². The molecule has 38 heavy (non-hydrogen) atoms. The van der Waals surface area contributed by atoms with Crippen molar-refractivity contribution >= 4 is 50.5 Å². The Balaban J connectivity index is 0.00000336. The molecule has 0 aliphatic carbocycles. The van der Waals surface area contributed by atoms with Crippen LogP contribution in [0, 0.1) is 18.4 Å². The van der Waals surface area contributed by atoms with Gasteiger partial charge in [-0.3, -0.25) is 9.59 Å². The van der Waals surface area contributed by atoms with Gasteiger partial charge in [-0.05, 0) is 36.8 Å². The van der Waals surface area contributed by atoms with Crippen LogP contribution in [0.5, 0.6) is 0 Å². The van der Waals surface area contributed by atoms with Gasteiger partial charge < -0.3 is 18.9 Å². The summed E-state index contributed by atoms with van der Waals surface area (Å²) in [6, 6.07) is 11.6. The first-order valence-corrected chi connectivity index (χ1v) is 13.7. The number of ether oxygens (including phenoxy) is 2. The van der Waals surface area contributed by atoms with Crippen molar-refractivity contribution in [2.75, 3.05) is 0 Å². The van der Waals surface area contributed by atoms with E-state index in [2.05, 4.69) is 4.74 Å². The number of likely N-dealkylation sites (tertiary alicyclic amines) is 1.